The molecule has 2 atom stereocenters. The summed E-state index contributed by atoms with van der Waals surface area (Å²) in [6.45, 7) is 0.558. The Hall–Kier alpha value is -0.150. The van der Waals surface area contributed by atoms with E-state index < -0.39 is 6.17 Å². The van der Waals surface area contributed by atoms with Crippen molar-refractivity contribution in [3.8, 4) is 0 Å². The number of halogens is 1. The van der Waals surface area contributed by atoms with E-state index in [2.05, 4.69) is 0 Å². The van der Waals surface area contributed by atoms with E-state index in [1.54, 1.807) is 0 Å². The molecular weight excluding hydrogens is 121 g/mol. The van der Waals surface area contributed by atoms with E-state index >= 15 is 0 Å². The lowest BCUT2D eigenvalue weighted by molar-refractivity contribution is 0.182. The molecule has 1 saturated heterocycles. The molecule has 1 rings (SSSR count). The van der Waals surface area contributed by atoms with Gasteiger partial charge in [-0.15, -0.1) is 0 Å². The maximum Gasteiger partial charge on any atom is 0.114 e. The molecule has 0 aromatic heterocycles. The molecule has 1 aliphatic heterocycles. The fourth-order valence-corrected chi connectivity index (χ4v) is 1.23. The monoisotopic (exact) mass is 133 g/mol. The smallest absolute Gasteiger partial charge is 0.114 e. The predicted molar refractivity (Wildman–Crippen MR) is 33.0 cm³/mol. The average Bonchev–Trinajstić information content (AvgIpc) is 2.10. The van der Waals surface area contributed by atoms with Crippen molar-refractivity contribution < 1.29 is 9.50 Å². The van der Waals surface area contributed by atoms with Gasteiger partial charge in [0.05, 0.1) is 6.61 Å². The maximum atomic E-state index is 12.5. The predicted octanol–water partition coefficient (Wildman–Crippen LogP) is 0.0209. The number of likely N-dealkylation sites (tertiary alicyclic amines) is 1. The second kappa shape index (κ2) is 2.62. The van der Waals surface area contributed by atoms with Crippen molar-refractivity contribution in [1.82, 2.24) is 4.90 Å². The van der Waals surface area contributed by atoms with Crippen LogP contribution in [-0.4, -0.2) is 42.4 Å². The van der Waals surface area contributed by atoms with Crippen LogP contribution >= 0.6 is 0 Å². The molecule has 2 nitrogen and oxygen atoms in total. The van der Waals surface area contributed by atoms with E-state index in [0.29, 0.717) is 13.0 Å². The SMILES string of the molecule is CN1CC(F)C[C@@H]1CO. The van der Waals surface area contributed by atoms with Crippen LogP contribution in [0.3, 0.4) is 0 Å². The minimum atomic E-state index is -0.729. The Bertz CT molecular complexity index is 99.1. The van der Waals surface area contributed by atoms with Crippen LogP contribution in [0.1, 0.15) is 6.42 Å². The molecule has 54 valence electrons. The molecule has 0 aliphatic carbocycles. The second-order valence-corrected chi connectivity index (χ2v) is 2.61. The molecule has 0 radical (unpaired) electrons. The van der Waals surface area contributed by atoms with Gasteiger partial charge in [-0.3, -0.25) is 4.90 Å². The second-order valence-electron chi connectivity index (χ2n) is 2.61. The first-order chi connectivity index (χ1) is 4.24. The molecule has 9 heavy (non-hydrogen) atoms. The number of aliphatic hydroxyl groups excluding tert-OH is 1. The summed E-state index contributed by atoms with van der Waals surface area (Å²) in [6.07, 6.45) is -0.236. The van der Waals surface area contributed by atoms with E-state index in [1.807, 2.05) is 11.9 Å². The van der Waals surface area contributed by atoms with E-state index in [9.17, 15) is 4.39 Å². The summed E-state index contributed by atoms with van der Waals surface area (Å²) in [4.78, 5) is 1.85. The Morgan fingerprint density at radius 1 is 1.78 bits per heavy atom. The molecule has 3 heteroatoms. The first-order valence-corrected chi connectivity index (χ1v) is 3.19. The molecule has 1 aliphatic rings. The van der Waals surface area contributed by atoms with Gasteiger partial charge < -0.3 is 5.11 Å². The number of aliphatic hydroxyl groups is 1. The van der Waals surface area contributed by atoms with Crippen LogP contribution in [-0.2, 0) is 0 Å². The largest absolute Gasteiger partial charge is 0.395 e. The summed E-state index contributed by atoms with van der Waals surface area (Å²) < 4.78 is 12.5. The van der Waals surface area contributed by atoms with Crippen molar-refractivity contribution >= 4 is 0 Å². The molecule has 0 saturated carbocycles. The quantitative estimate of drug-likeness (QED) is 0.545. The molecule has 0 amide bonds. The first kappa shape index (κ1) is 6.96. The van der Waals surface area contributed by atoms with Crippen molar-refractivity contribution in [1.29, 1.82) is 0 Å². The summed E-state index contributed by atoms with van der Waals surface area (Å²) in [5.41, 5.74) is 0. The van der Waals surface area contributed by atoms with Gasteiger partial charge in [0.2, 0.25) is 0 Å². The van der Waals surface area contributed by atoms with Gasteiger partial charge in [-0.2, -0.15) is 0 Å². The third-order valence-corrected chi connectivity index (χ3v) is 1.85. The highest BCUT2D eigenvalue weighted by Gasteiger charge is 2.28. The molecule has 0 bridgehead atoms. The summed E-state index contributed by atoms with van der Waals surface area (Å²) in [6, 6.07) is 0.0556. The molecular formula is C6H12FNO. The normalized spacial score (nSPS) is 37.7. The van der Waals surface area contributed by atoms with E-state index in [0.717, 1.165) is 0 Å². The highest BCUT2D eigenvalue weighted by Crippen LogP contribution is 2.17. The molecule has 0 spiro atoms. The Balaban J connectivity index is 2.38. The Kier molecular flexibility index (Phi) is 2.03. The van der Waals surface area contributed by atoms with Crippen LogP contribution in [0, 0.1) is 0 Å². The Morgan fingerprint density at radius 2 is 2.44 bits per heavy atom. The van der Waals surface area contributed by atoms with Crippen molar-refractivity contribution in [2.24, 2.45) is 0 Å². The molecule has 1 N–H and O–H groups in total. The van der Waals surface area contributed by atoms with Gasteiger partial charge in [0.15, 0.2) is 0 Å². The van der Waals surface area contributed by atoms with Gasteiger partial charge in [0.1, 0.15) is 6.17 Å². The fourth-order valence-electron chi connectivity index (χ4n) is 1.23. The van der Waals surface area contributed by atoms with E-state index in [4.69, 9.17) is 5.11 Å². The summed E-state index contributed by atoms with van der Waals surface area (Å²) in [5, 5.41) is 8.65. The van der Waals surface area contributed by atoms with Crippen molar-refractivity contribution in [3.63, 3.8) is 0 Å². The minimum Gasteiger partial charge on any atom is -0.395 e. The van der Waals surface area contributed by atoms with Crippen LogP contribution in [0.5, 0.6) is 0 Å². The number of rotatable bonds is 1. The van der Waals surface area contributed by atoms with Gasteiger partial charge in [0, 0.05) is 12.6 Å². The summed E-state index contributed by atoms with van der Waals surface area (Å²) in [5.74, 6) is 0. The number of nitrogens with zero attached hydrogens (tertiary/aromatic N) is 1. The lowest BCUT2D eigenvalue weighted by Crippen LogP contribution is -2.27. The van der Waals surface area contributed by atoms with Crippen molar-refractivity contribution in [2.75, 3.05) is 20.2 Å². The number of likely N-dealkylation sites (N-methyl/N-ethyl adjacent to an activating group) is 1. The lowest BCUT2D eigenvalue weighted by Gasteiger charge is -2.14. The van der Waals surface area contributed by atoms with Crippen LogP contribution in [0.2, 0.25) is 0 Å². The molecule has 1 fully saturated rings. The number of hydrogen-bond acceptors (Lipinski definition) is 2. The van der Waals surface area contributed by atoms with Gasteiger partial charge >= 0.3 is 0 Å². The third kappa shape index (κ3) is 1.40. The van der Waals surface area contributed by atoms with Gasteiger partial charge in [-0.05, 0) is 13.5 Å². The van der Waals surface area contributed by atoms with Crippen LogP contribution < -0.4 is 0 Å². The molecule has 0 aromatic carbocycles. The van der Waals surface area contributed by atoms with Crippen molar-refractivity contribution in [2.45, 2.75) is 18.6 Å². The zero-order chi connectivity index (χ0) is 6.85. The minimum absolute atomic E-state index is 0.0556. The maximum absolute atomic E-state index is 12.5. The summed E-state index contributed by atoms with van der Waals surface area (Å²) in [7, 11) is 1.83. The zero-order valence-electron chi connectivity index (χ0n) is 5.55. The zero-order valence-corrected chi connectivity index (χ0v) is 5.55. The lowest BCUT2D eigenvalue weighted by atomic mass is 10.2. The number of alkyl halides is 1. The third-order valence-electron chi connectivity index (χ3n) is 1.85. The first-order valence-electron chi connectivity index (χ1n) is 3.19. The molecule has 1 heterocycles. The van der Waals surface area contributed by atoms with Gasteiger partial charge in [-0.25, -0.2) is 4.39 Å². The van der Waals surface area contributed by atoms with Crippen LogP contribution in [0.4, 0.5) is 4.39 Å². The standard InChI is InChI=1S/C6H12FNO/c1-8-3-5(7)2-6(8)4-9/h5-6,9H,2-4H2,1H3/t5?,6-/m1/s1. The van der Waals surface area contributed by atoms with Gasteiger partial charge in [-0.1, -0.05) is 0 Å². The fraction of sp³-hybridized carbons (Fsp3) is 1.00. The number of hydrogen-bond donors (Lipinski definition) is 1. The van der Waals surface area contributed by atoms with E-state index in [1.165, 1.54) is 0 Å². The average molecular weight is 133 g/mol. The van der Waals surface area contributed by atoms with Crippen LogP contribution in [0.25, 0.3) is 0 Å². The Labute approximate surface area is 54.3 Å². The topological polar surface area (TPSA) is 23.5 Å². The highest BCUT2D eigenvalue weighted by molar-refractivity contribution is 4.81. The summed E-state index contributed by atoms with van der Waals surface area (Å²) >= 11 is 0. The Morgan fingerprint density at radius 3 is 2.67 bits per heavy atom. The van der Waals surface area contributed by atoms with Gasteiger partial charge in [0.25, 0.3) is 0 Å². The molecule has 1 unspecified atom stereocenters. The molecule has 0 aromatic rings. The van der Waals surface area contributed by atoms with Crippen molar-refractivity contribution in [3.05, 3.63) is 0 Å². The van der Waals surface area contributed by atoms with E-state index in [-0.39, 0.29) is 12.6 Å². The van der Waals surface area contributed by atoms with Crippen LogP contribution in [0.15, 0.2) is 0 Å². The highest BCUT2D eigenvalue weighted by atomic mass is 19.1.